The number of pyridine rings is 1. The standard InChI is InChI=1S/C20H21ClFN3O3/c1-12-4-6-16(14(3)24-12)20(27)25-13(2)8-9-23-19(26)11-28-15-5-7-17(21)18(22)10-15/h4-7,10H,2,8-9,11H2,1,3H3,(H,23,26)(H,25,27). The number of rotatable bonds is 8. The Balaban J connectivity index is 1.71. The van der Waals surface area contributed by atoms with Gasteiger partial charge in [-0.05, 0) is 38.1 Å². The molecule has 0 fully saturated rings. The first-order valence-corrected chi connectivity index (χ1v) is 8.92. The molecule has 0 aliphatic carbocycles. The van der Waals surface area contributed by atoms with E-state index in [0.717, 1.165) is 11.8 Å². The van der Waals surface area contributed by atoms with Gasteiger partial charge in [-0.2, -0.15) is 0 Å². The third-order valence-corrected chi connectivity index (χ3v) is 4.08. The predicted octanol–water partition coefficient (Wildman–Crippen LogP) is 3.32. The number of aryl methyl sites for hydroxylation is 2. The van der Waals surface area contributed by atoms with Gasteiger partial charge in [0.15, 0.2) is 6.61 Å². The number of amides is 2. The summed E-state index contributed by atoms with van der Waals surface area (Å²) in [5, 5.41) is 5.30. The Morgan fingerprint density at radius 2 is 2.00 bits per heavy atom. The summed E-state index contributed by atoms with van der Waals surface area (Å²) < 4.78 is 18.5. The topological polar surface area (TPSA) is 80.3 Å². The Kier molecular flexibility index (Phi) is 7.52. The molecule has 2 aromatic rings. The highest BCUT2D eigenvalue weighted by atomic mass is 35.5. The molecule has 2 rings (SSSR count). The van der Waals surface area contributed by atoms with Crippen LogP contribution in [0, 0.1) is 19.7 Å². The van der Waals surface area contributed by atoms with E-state index in [1.165, 1.54) is 12.1 Å². The minimum Gasteiger partial charge on any atom is -0.484 e. The summed E-state index contributed by atoms with van der Waals surface area (Å²) >= 11 is 5.58. The highest BCUT2D eigenvalue weighted by molar-refractivity contribution is 6.30. The molecule has 28 heavy (non-hydrogen) atoms. The number of ether oxygens (including phenoxy) is 1. The fraction of sp³-hybridized carbons (Fsp3) is 0.250. The van der Waals surface area contributed by atoms with Gasteiger partial charge in [-0.25, -0.2) is 4.39 Å². The molecule has 8 heteroatoms. The van der Waals surface area contributed by atoms with E-state index in [1.807, 2.05) is 6.92 Å². The quantitative estimate of drug-likeness (QED) is 0.706. The smallest absolute Gasteiger partial charge is 0.257 e. The average molecular weight is 406 g/mol. The van der Waals surface area contributed by atoms with Crippen LogP contribution < -0.4 is 15.4 Å². The van der Waals surface area contributed by atoms with Crippen molar-refractivity contribution < 1.29 is 18.7 Å². The Bertz CT molecular complexity index is 902. The lowest BCUT2D eigenvalue weighted by molar-refractivity contribution is -0.123. The minimum absolute atomic E-state index is 0.0195. The number of halogens is 2. The lowest BCUT2D eigenvalue weighted by Crippen LogP contribution is -2.31. The second-order valence-electron chi connectivity index (χ2n) is 6.11. The van der Waals surface area contributed by atoms with Crippen LogP contribution in [0.5, 0.6) is 5.75 Å². The van der Waals surface area contributed by atoms with Gasteiger partial charge in [-0.3, -0.25) is 14.6 Å². The molecule has 0 unspecified atom stereocenters. The summed E-state index contributed by atoms with van der Waals surface area (Å²) in [6.45, 7) is 7.39. The second-order valence-corrected chi connectivity index (χ2v) is 6.52. The summed E-state index contributed by atoms with van der Waals surface area (Å²) in [5.41, 5.74) is 2.40. The molecule has 0 atom stereocenters. The Morgan fingerprint density at radius 1 is 1.25 bits per heavy atom. The molecular formula is C20H21ClFN3O3. The molecule has 1 aromatic carbocycles. The fourth-order valence-corrected chi connectivity index (χ4v) is 2.45. The third-order valence-electron chi connectivity index (χ3n) is 3.77. The summed E-state index contributed by atoms with van der Waals surface area (Å²) in [7, 11) is 0. The minimum atomic E-state index is -0.620. The second kappa shape index (κ2) is 9.85. The molecule has 0 saturated heterocycles. The first-order chi connectivity index (χ1) is 13.3. The summed E-state index contributed by atoms with van der Waals surface area (Å²) in [5.74, 6) is -1.09. The van der Waals surface area contributed by atoms with E-state index in [2.05, 4.69) is 22.2 Å². The molecule has 1 aromatic heterocycles. The van der Waals surface area contributed by atoms with Gasteiger partial charge in [-0.15, -0.1) is 0 Å². The SMILES string of the molecule is C=C(CCNC(=O)COc1ccc(Cl)c(F)c1)NC(=O)c1ccc(C)nc1C. The molecule has 2 N–H and O–H groups in total. The molecule has 148 valence electrons. The van der Waals surface area contributed by atoms with Crippen LogP contribution in [0.1, 0.15) is 28.2 Å². The Labute approximate surface area is 167 Å². The van der Waals surface area contributed by atoms with Gasteiger partial charge in [0.1, 0.15) is 11.6 Å². The van der Waals surface area contributed by atoms with Crippen molar-refractivity contribution >= 4 is 23.4 Å². The third kappa shape index (κ3) is 6.35. The van der Waals surface area contributed by atoms with Crippen molar-refractivity contribution in [3.63, 3.8) is 0 Å². The van der Waals surface area contributed by atoms with Gasteiger partial charge in [-0.1, -0.05) is 18.2 Å². The molecule has 1 heterocycles. The van der Waals surface area contributed by atoms with E-state index >= 15 is 0 Å². The first kappa shape index (κ1) is 21.4. The van der Waals surface area contributed by atoms with Crippen molar-refractivity contribution in [1.29, 1.82) is 0 Å². The highest BCUT2D eigenvalue weighted by Crippen LogP contribution is 2.20. The van der Waals surface area contributed by atoms with Crippen molar-refractivity contribution in [2.75, 3.05) is 13.2 Å². The number of carbonyl (C=O) groups is 2. The number of benzene rings is 1. The highest BCUT2D eigenvalue weighted by Gasteiger charge is 2.11. The maximum absolute atomic E-state index is 13.3. The molecule has 0 spiro atoms. The van der Waals surface area contributed by atoms with Gasteiger partial charge in [0.05, 0.1) is 16.3 Å². The van der Waals surface area contributed by atoms with Crippen LogP contribution in [0.2, 0.25) is 5.02 Å². The molecule has 6 nitrogen and oxygen atoms in total. The van der Waals surface area contributed by atoms with E-state index in [1.54, 1.807) is 19.1 Å². The normalized spacial score (nSPS) is 10.3. The van der Waals surface area contributed by atoms with Gasteiger partial charge in [0, 0.05) is 30.4 Å². The largest absolute Gasteiger partial charge is 0.484 e. The zero-order chi connectivity index (χ0) is 20.7. The van der Waals surface area contributed by atoms with Gasteiger partial charge < -0.3 is 15.4 Å². The lowest BCUT2D eigenvalue weighted by atomic mass is 10.1. The van der Waals surface area contributed by atoms with E-state index < -0.39 is 5.82 Å². The van der Waals surface area contributed by atoms with Crippen molar-refractivity contribution in [2.45, 2.75) is 20.3 Å². The first-order valence-electron chi connectivity index (χ1n) is 8.54. The van der Waals surface area contributed by atoms with Crippen LogP contribution in [-0.2, 0) is 4.79 Å². The molecular weight excluding hydrogens is 385 g/mol. The van der Waals surface area contributed by atoms with Crippen LogP contribution >= 0.6 is 11.6 Å². The van der Waals surface area contributed by atoms with E-state index in [4.69, 9.17) is 16.3 Å². The lowest BCUT2D eigenvalue weighted by Gasteiger charge is -2.11. The zero-order valence-electron chi connectivity index (χ0n) is 15.6. The number of hydrogen-bond donors (Lipinski definition) is 2. The number of carbonyl (C=O) groups excluding carboxylic acids is 2. The summed E-state index contributed by atoms with van der Waals surface area (Å²) in [6.07, 6.45) is 0.353. The molecule has 0 aliphatic heterocycles. The molecule has 0 radical (unpaired) electrons. The molecule has 0 aliphatic rings. The van der Waals surface area contributed by atoms with Crippen molar-refractivity contribution in [1.82, 2.24) is 15.6 Å². The van der Waals surface area contributed by atoms with Crippen molar-refractivity contribution in [3.05, 3.63) is 70.4 Å². The number of nitrogens with one attached hydrogen (secondary N) is 2. The monoisotopic (exact) mass is 405 g/mol. The zero-order valence-corrected chi connectivity index (χ0v) is 16.4. The van der Waals surface area contributed by atoms with Gasteiger partial charge in [0.2, 0.25) is 0 Å². The fourth-order valence-electron chi connectivity index (χ4n) is 2.34. The Hall–Kier alpha value is -2.93. The number of hydrogen-bond acceptors (Lipinski definition) is 4. The summed E-state index contributed by atoms with van der Waals surface area (Å²) in [4.78, 5) is 28.3. The molecule has 0 saturated carbocycles. The van der Waals surface area contributed by atoms with Crippen molar-refractivity contribution in [3.8, 4) is 5.75 Å². The average Bonchev–Trinajstić information content (AvgIpc) is 2.62. The van der Waals surface area contributed by atoms with Crippen LogP contribution in [0.25, 0.3) is 0 Å². The summed E-state index contributed by atoms with van der Waals surface area (Å²) in [6, 6.07) is 7.39. The molecule has 0 bridgehead atoms. The van der Waals surface area contributed by atoms with Gasteiger partial charge in [0.25, 0.3) is 11.8 Å². The van der Waals surface area contributed by atoms with Crippen LogP contribution in [0.15, 0.2) is 42.6 Å². The maximum Gasteiger partial charge on any atom is 0.257 e. The van der Waals surface area contributed by atoms with Crippen LogP contribution in [0.4, 0.5) is 4.39 Å². The van der Waals surface area contributed by atoms with E-state index in [-0.39, 0.29) is 35.7 Å². The maximum atomic E-state index is 13.3. The van der Waals surface area contributed by atoms with Gasteiger partial charge >= 0.3 is 0 Å². The predicted molar refractivity (Wildman–Crippen MR) is 105 cm³/mol. The number of aromatic nitrogens is 1. The number of nitrogens with zero attached hydrogens (tertiary/aromatic N) is 1. The van der Waals surface area contributed by atoms with E-state index in [9.17, 15) is 14.0 Å². The van der Waals surface area contributed by atoms with E-state index in [0.29, 0.717) is 23.4 Å². The van der Waals surface area contributed by atoms with Crippen LogP contribution in [-0.4, -0.2) is 29.9 Å². The van der Waals surface area contributed by atoms with Crippen LogP contribution in [0.3, 0.4) is 0 Å². The Morgan fingerprint density at radius 3 is 2.68 bits per heavy atom. The van der Waals surface area contributed by atoms with Crippen molar-refractivity contribution in [2.24, 2.45) is 0 Å². The molecule has 2 amide bonds.